The van der Waals surface area contributed by atoms with E-state index < -0.39 is 36.8 Å². The SMILES string of the molecule is S=S=S.[2H]C([2H])([2H])C1(C)C(C)(C)c2cc(N)c(N)cc2C1(C([2H])([2H])[2H])C([2H])([2H])[2H]. The van der Waals surface area contributed by atoms with E-state index in [0.717, 1.165) is 8.88 Å². The molecule has 0 spiro atoms. The first-order valence-corrected chi connectivity index (χ1v) is 8.48. The zero-order chi connectivity index (χ0) is 23.4. The van der Waals surface area contributed by atoms with Gasteiger partial charge in [-0.05, 0) is 39.5 Å². The minimum Gasteiger partial charge on any atom is -0.397 e. The lowest BCUT2D eigenvalue weighted by Gasteiger charge is -2.44. The molecule has 0 saturated carbocycles. The van der Waals surface area contributed by atoms with Crippen molar-refractivity contribution in [1.29, 1.82) is 0 Å². The molecule has 1 aromatic carbocycles. The first-order chi connectivity index (χ1) is 12.7. The van der Waals surface area contributed by atoms with Crippen LogP contribution in [0.3, 0.4) is 0 Å². The molecule has 20 heavy (non-hydrogen) atoms. The van der Waals surface area contributed by atoms with Gasteiger partial charge in [-0.3, -0.25) is 0 Å². The van der Waals surface area contributed by atoms with Crippen LogP contribution in [-0.2, 0) is 42.1 Å². The molecule has 0 saturated heterocycles. The molecule has 1 atom stereocenters. The first kappa shape index (κ1) is 8.20. The van der Waals surface area contributed by atoms with Gasteiger partial charge >= 0.3 is 0 Å². The van der Waals surface area contributed by atoms with E-state index in [4.69, 9.17) is 23.8 Å². The number of hydrogen-bond donors (Lipinski definition) is 2. The summed E-state index contributed by atoms with van der Waals surface area (Å²) < 4.78 is 73.4. The lowest BCUT2D eigenvalue weighted by atomic mass is 9.59. The Balaban J connectivity index is 0.00000132. The van der Waals surface area contributed by atoms with Crippen molar-refractivity contribution in [3.63, 3.8) is 0 Å². The van der Waals surface area contributed by atoms with E-state index in [1.165, 1.54) is 19.1 Å². The van der Waals surface area contributed by atoms with E-state index in [-0.39, 0.29) is 22.5 Å². The van der Waals surface area contributed by atoms with Gasteiger partial charge in [-0.1, -0.05) is 41.3 Å². The smallest absolute Gasteiger partial charge is 0.0550 e. The van der Waals surface area contributed by atoms with Gasteiger partial charge in [0.15, 0.2) is 0 Å². The summed E-state index contributed by atoms with van der Waals surface area (Å²) in [5.41, 5.74) is 6.00. The molecule has 112 valence electrons. The predicted octanol–water partition coefficient (Wildman–Crippen LogP) is 3.44. The topological polar surface area (TPSA) is 52.0 Å². The lowest BCUT2D eigenvalue weighted by Crippen LogP contribution is -2.42. The van der Waals surface area contributed by atoms with E-state index in [9.17, 15) is 0 Å². The molecule has 2 nitrogen and oxygen atoms in total. The van der Waals surface area contributed by atoms with E-state index in [0.29, 0.717) is 0 Å². The monoisotopic (exact) mass is 337 g/mol. The Labute approximate surface area is 147 Å². The summed E-state index contributed by atoms with van der Waals surface area (Å²) in [4.78, 5) is 0. The molecule has 0 aromatic heterocycles. The standard InChI is InChI=1S/C15H24N2.S3/c1-13(2)9-7-11(16)12(17)8-10(9)14(3,4)15(13,5)6;1-3-2/h7-8H,16-17H2,1-6H3;/i1D3,2D3,5D3;. The van der Waals surface area contributed by atoms with Crippen LogP contribution in [0.4, 0.5) is 11.4 Å². The molecule has 4 N–H and O–H groups in total. The van der Waals surface area contributed by atoms with Crippen LogP contribution in [0.1, 0.15) is 64.8 Å². The van der Waals surface area contributed by atoms with E-state index >= 15 is 0 Å². The quantitative estimate of drug-likeness (QED) is 0.712. The summed E-state index contributed by atoms with van der Waals surface area (Å²) in [6.45, 7) is -4.83. The zero-order valence-electron chi connectivity index (χ0n) is 20.5. The molecule has 0 aliphatic heterocycles. The average Bonchev–Trinajstić information content (AvgIpc) is 2.62. The van der Waals surface area contributed by atoms with Gasteiger partial charge in [0.25, 0.3) is 0 Å². The maximum Gasteiger partial charge on any atom is 0.0550 e. The summed E-state index contributed by atoms with van der Waals surface area (Å²) >= 11 is 8.25. The van der Waals surface area contributed by atoms with E-state index in [1.54, 1.807) is 13.8 Å². The second-order valence-electron chi connectivity index (χ2n) is 5.59. The summed E-state index contributed by atoms with van der Waals surface area (Å²) in [6.07, 6.45) is 0. The Morgan fingerprint density at radius 1 is 0.950 bits per heavy atom. The van der Waals surface area contributed by atoms with Crippen molar-refractivity contribution in [2.24, 2.45) is 5.41 Å². The van der Waals surface area contributed by atoms with Crippen molar-refractivity contribution in [3.05, 3.63) is 23.3 Å². The van der Waals surface area contributed by atoms with Crippen molar-refractivity contribution in [2.45, 2.75) is 52.2 Å². The highest BCUT2D eigenvalue weighted by Gasteiger charge is 2.56. The molecule has 0 radical (unpaired) electrons. The number of rotatable bonds is 0. The molecule has 5 heteroatoms. The summed E-state index contributed by atoms with van der Waals surface area (Å²) in [5.74, 6) is 0. The van der Waals surface area contributed by atoms with Crippen LogP contribution in [0.2, 0.25) is 0 Å². The summed E-state index contributed by atoms with van der Waals surface area (Å²) in [7, 11) is 0.917. The predicted molar refractivity (Wildman–Crippen MR) is 97.2 cm³/mol. The van der Waals surface area contributed by atoms with Gasteiger partial charge < -0.3 is 11.5 Å². The molecular formula is C15H24N2S3. The normalized spacial score (nSPS) is 33.9. The highest BCUT2D eigenvalue weighted by atomic mass is 33.1. The molecule has 1 aliphatic carbocycles. The van der Waals surface area contributed by atoms with Crippen molar-refractivity contribution in [2.75, 3.05) is 11.5 Å². The number of fused-ring (bicyclic) bond motifs is 1. The summed E-state index contributed by atoms with van der Waals surface area (Å²) in [6, 6.07) is 2.63. The van der Waals surface area contributed by atoms with Crippen LogP contribution in [0, 0.1) is 5.41 Å². The molecule has 1 aliphatic rings. The van der Waals surface area contributed by atoms with Crippen LogP contribution < -0.4 is 11.5 Å². The minimum absolute atomic E-state index is 0.0206. The fourth-order valence-electron chi connectivity index (χ4n) is 2.47. The van der Waals surface area contributed by atoms with Gasteiger partial charge in [0, 0.05) is 43.6 Å². The largest absolute Gasteiger partial charge is 0.397 e. The Morgan fingerprint density at radius 2 is 1.35 bits per heavy atom. The fourth-order valence-corrected chi connectivity index (χ4v) is 2.47. The molecule has 1 aromatic rings. The molecule has 0 heterocycles. The highest BCUT2D eigenvalue weighted by Crippen LogP contribution is 2.62. The maximum atomic E-state index is 8.15. The molecule has 0 fully saturated rings. The van der Waals surface area contributed by atoms with Gasteiger partial charge in [0.05, 0.1) is 11.4 Å². The molecular weight excluding hydrogens is 304 g/mol. The second-order valence-corrected chi connectivity index (χ2v) is 7.36. The Kier molecular flexibility index (Phi) is 2.20. The number of hydrogen-bond acceptors (Lipinski definition) is 4. The van der Waals surface area contributed by atoms with Gasteiger partial charge in [-0.2, -0.15) is 0 Å². The van der Waals surface area contributed by atoms with E-state index in [2.05, 4.69) is 22.4 Å². The average molecular weight is 338 g/mol. The molecule has 1 unspecified atom stereocenters. The van der Waals surface area contributed by atoms with Crippen LogP contribution in [-0.4, -0.2) is 0 Å². The Morgan fingerprint density at radius 3 is 1.70 bits per heavy atom. The van der Waals surface area contributed by atoms with Crippen molar-refractivity contribution < 1.29 is 12.3 Å². The van der Waals surface area contributed by atoms with Crippen molar-refractivity contribution >= 4 is 42.6 Å². The zero-order valence-corrected chi connectivity index (χ0v) is 14.0. The minimum atomic E-state index is -3.13. The van der Waals surface area contributed by atoms with Gasteiger partial charge in [-0.25, -0.2) is 0 Å². The Hall–Kier alpha value is -0.520. The van der Waals surface area contributed by atoms with Crippen LogP contribution in [0.25, 0.3) is 0 Å². The van der Waals surface area contributed by atoms with Crippen molar-refractivity contribution in [3.8, 4) is 0 Å². The molecule has 2 rings (SSSR count). The first-order valence-electron chi connectivity index (χ1n) is 10.3. The van der Waals surface area contributed by atoms with Gasteiger partial charge in [0.2, 0.25) is 0 Å². The number of benzene rings is 1. The number of nitrogen functional groups attached to an aromatic ring is 2. The lowest BCUT2D eigenvalue weighted by molar-refractivity contribution is 0.125. The van der Waals surface area contributed by atoms with Crippen LogP contribution in [0.5, 0.6) is 0 Å². The third-order valence-electron chi connectivity index (χ3n) is 4.30. The van der Waals surface area contributed by atoms with Gasteiger partial charge in [0.1, 0.15) is 0 Å². The third kappa shape index (κ3) is 2.30. The van der Waals surface area contributed by atoms with Crippen LogP contribution >= 0.6 is 0 Å². The number of nitrogens with two attached hydrogens (primary N) is 2. The third-order valence-corrected chi connectivity index (χ3v) is 4.30. The summed E-state index contributed by atoms with van der Waals surface area (Å²) in [5, 5.41) is 0. The molecule has 0 amide bonds. The highest BCUT2D eigenvalue weighted by molar-refractivity contribution is 8.37. The van der Waals surface area contributed by atoms with Crippen LogP contribution in [0.15, 0.2) is 12.1 Å². The van der Waals surface area contributed by atoms with E-state index in [1.807, 2.05) is 0 Å². The molecule has 0 bridgehead atoms. The maximum absolute atomic E-state index is 8.15. The fraction of sp³-hybridized carbons (Fsp3) is 0.600. The van der Waals surface area contributed by atoms with Gasteiger partial charge in [-0.15, -0.1) is 0 Å². The number of anilines is 2. The Bertz CT molecular complexity index is 823. The van der Waals surface area contributed by atoms with Crippen molar-refractivity contribution in [1.82, 2.24) is 0 Å². The second kappa shape index (κ2) is 5.35.